The van der Waals surface area contributed by atoms with Crippen molar-refractivity contribution < 1.29 is 4.74 Å². The SMILES string of the molecule is N#Cc1ccc(-c2ccc(N(c3ccc(-c4ccccc4)cc3)c3ccc4c(c3)Oc3cccc5cccc-4c35)cc2)cc1. The van der Waals surface area contributed by atoms with Gasteiger partial charge in [0.25, 0.3) is 0 Å². The molecule has 1 aliphatic heterocycles. The second-order valence-corrected chi connectivity index (χ2v) is 10.9. The van der Waals surface area contributed by atoms with Gasteiger partial charge in [0.2, 0.25) is 0 Å². The number of benzene rings is 7. The van der Waals surface area contributed by atoms with Crippen LogP contribution in [0.4, 0.5) is 17.1 Å². The van der Waals surface area contributed by atoms with Crippen LogP contribution in [-0.4, -0.2) is 0 Å². The van der Waals surface area contributed by atoms with Crippen LogP contribution in [0.3, 0.4) is 0 Å². The fourth-order valence-corrected chi connectivity index (χ4v) is 6.11. The minimum Gasteiger partial charge on any atom is -0.456 e. The standard InChI is InChI=1S/C41H26N2O/c42-27-28-12-14-30(15-13-28)32-18-22-35(23-19-32)43(34-20-16-31(17-21-34)29-6-2-1-3-7-29)36-24-25-37-38-10-4-8-33-9-5-11-39(41(33)38)44-40(37)26-36/h1-26H. The van der Waals surface area contributed by atoms with Crippen molar-refractivity contribution in [2.24, 2.45) is 0 Å². The van der Waals surface area contributed by atoms with Crippen molar-refractivity contribution in [3.8, 4) is 50.9 Å². The summed E-state index contributed by atoms with van der Waals surface area (Å²) in [6, 6.07) is 56.7. The maximum absolute atomic E-state index is 9.19. The van der Waals surface area contributed by atoms with Crippen molar-refractivity contribution in [1.29, 1.82) is 5.26 Å². The molecule has 0 amide bonds. The summed E-state index contributed by atoms with van der Waals surface area (Å²) >= 11 is 0. The van der Waals surface area contributed by atoms with E-state index in [4.69, 9.17) is 4.74 Å². The first-order valence-corrected chi connectivity index (χ1v) is 14.7. The summed E-state index contributed by atoms with van der Waals surface area (Å²) in [7, 11) is 0. The first-order chi connectivity index (χ1) is 21.7. The quantitative estimate of drug-likeness (QED) is 0.209. The van der Waals surface area contributed by atoms with Crippen LogP contribution in [0.5, 0.6) is 11.5 Å². The lowest BCUT2D eigenvalue weighted by atomic mass is 9.94. The molecule has 206 valence electrons. The summed E-state index contributed by atoms with van der Waals surface area (Å²) in [5.74, 6) is 1.72. The molecule has 7 aromatic rings. The Bertz CT molecular complexity index is 2170. The van der Waals surface area contributed by atoms with Crippen LogP contribution < -0.4 is 9.64 Å². The molecule has 0 N–H and O–H groups in total. The minimum absolute atomic E-state index is 0.656. The second kappa shape index (κ2) is 10.6. The Balaban J connectivity index is 1.22. The third-order valence-electron chi connectivity index (χ3n) is 8.31. The fourth-order valence-electron chi connectivity index (χ4n) is 6.11. The van der Waals surface area contributed by atoms with E-state index in [9.17, 15) is 5.26 Å². The van der Waals surface area contributed by atoms with Gasteiger partial charge in [-0.25, -0.2) is 0 Å². The Hall–Kier alpha value is -6.11. The lowest BCUT2D eigenvalue weighted by molar-refractivity contribution is 0.487. The summed E-state index contributed by atoms with van der Waals surface area (Å²) in [4.78, 5) is 2.27. The van der Waals surface area contributed by atoms with E-state index < -0.39 is 0 Å². The van der Waals surface area contributed by atoms with Gasteiger partial charge in [-0.05, 0) is 87.8 Å². The number of nitriles is 1. The average Bonchev–Trinajstić information content (AvgIpc) is 3.10. The molecule has 7 aromatic carbocycles. The molecule has 44 heavy (non-hydrogen) atoms. The molecule has 3 heteroatoms. The largest absolute Gasteiger partial charge is 0.456 e. The number of hydrogen-bond acceptors (Lipinski definition) is 3. The van der Waals surface area contributed by atoms with Crippen molar-refractivity contribution in [3.05, 3.63) is 163 Å². The molecule has 1 heterocycles. The predicted octanol–water partition coefficient (Wildman–Crippen LogP) is 11.3. The summed E-state index contributed by atoms with van der Waals surface area (Å²) < 4.78 is 6.54. The Kier molecular flexibility index (Phi) is 6.18. The summed E-state index contributed by atoms with van der Waals surface area (Å²) in [6.45, 7) is 0. The number of nitrogens with zero attached hydrogens (tertiary/aromatic N) is 2. The normalized spacial score (nSPS) is 11.3. The van der Waals surface area contributed by atoms with Gasteiger partial charge in [0.1, 0.15) is 11.5 Å². The molecule has 0 fully saturated rings. The lowest BCUT2D eigenvalue weighted by Gasteiger charge is -2.28. The highest BCUT2D eigenvalue weighted by Crippen LogP contribution is 2.48. The van der Waals surface area contributed by atoms with Gasteiger partial charge in [-0.3, -0.25) is 0 Å². The van der Waals surface area contributed by atoms with Crippen molar-refractivity contribution in [1.82, 2.24) is 0 Å². The van der Waals surface area contributed by atoms with Crippen molar-refractivity contribution in [3.63, 3.8) is 0 Å². The second-order valence-electron chi connectivity index (χ2n) is 10.9. The molecular formula is C41H26N2O. The fraction of sp³-hybridized carbons (Fsp3) is 0. The van der Waals surface area contributed by atoms with Gasteiger partial charge in [-0.2, -0.15) is 5.26 Å². The first kappa shape index (κ1) is 25.6. The van der Waals surface area contributed by atoms with Crippen LogP contribution in [0.15, 0.2) is 158 Å². The van der Waals surface area contributed by atoms with E-state index in [0.29, 0.717) is 5.56 Å². The molecule has 0 unspecified atom stereocenters. The van der Waals surface area contributed by atoms with Crippen LogP contribution in [0.25, 0.3) is 44.2 Å². The Morgan fingerprint density at radius 2 is 1.02 bits per heavy atom. The summed E-state index contributed by atoms with van der Waals surface area (Å²) in [5, 5.41) is 11.5. The maximum Gasteiger partial charge on any atom is 0.137 e. The monoisotopic (exact) mass is 562 g/mol. The Labute approximate surface area is 256 Å². The van der Waals surface area contributed by atoms with Gasteiger partial charge in [0.15, 0.2) is 0 Å². The van der Waals surface area contributed by atoms with E-state index in [1.807, 2.05) is 42.5 Å². The zero-order valence-corrected chi connectivity index (χ0v) is 23.8. The molecule has 0 spiro atoms. The molecule has 0 saturated carbocycles. The Morgan fingerprint density at radius 3 is 1.66 bits per heavy atom. The number of anilines is 3. The third kappa shape index (κ3) is 4.47. The van der Waals surface area contributed by atoms with Crippen LogP contribution in [-0.2, 0) is 0 Å². The van der Waals surface area contributed by atoms with Crippen LogP contribution in [0, 0.1) is 11.3 Å². The van der Waals surface area contributed by atoms with Gasteiger partial charge in [0, 0.05) is 34.1 Å². The van der Waals surface area contributed by atoms with Crippen LogP contribution in [0.2, 0.25) is 0 Å². The van der Waals surface area contributed by atoms with Gasteiger partial charge in [-0.15, -0.1) is 0 Å². The number of hydrogen-bond donors (Lipinski definition) is 0. The summed E-state index contributed by atoms with van der Waals surface area (Å²) in [6.07, 6.45) is 0. The van der Waals surface area contributed by atoms with E-state index in [-0.39, 0.29) is 0 Å². The zero-order chi connectivity index (χ0) is 29.5. The van der Waals surface area contributed by atoms with Crippen molar-refractivity contribution in [2.75, 3.05) is 4.90 Å². The molecule has 0 aromatic heterocycles. The third-order valence-corrected chi connectivity index (χ3v) is 8.31. The molecule has 0 aliphatic carbocycles. The first-order valence-electron chi connectivity index (χ1n) is 14.7. The number of fused-ring (bicyclic) bond motifs is 2. The molecule has 0 bridgehead atoms. The molecule has 3 nitrogen and oxygen atoms in total. The highest BCUT2D eigenvalue weighted by Gasteiger charge is 2.22. The van der Waals surface area contributed by atoms with Gasteiger partial charge < -0.3 is 9.64 Å². The molecule has 0 atom stereocenters. The zero-order valence-electron chi connectivity index (χ0n) is 23.8. The van der Waals surface area contributed by atoms with E-state index in [1.54, 1.807) is 0 Å². The van der Waals surface area contributed by atoms with E-state index >= 15 is 0 Å². The predicted molar refractivity (Wildman–Crippen MR) is 180 cm³/mol. The van der Waals surface area contributed by atoms with E-state index in [2.05, 4.69) is 126 Å². The average molecular weight is 563 g/mol. The highest BCUT2D eigenvalue weighted by molar-refractivity contribution is 6.04. The highest BCUT2D eigenvalue weighted by atomic mass is 16.5. The van der Waals surface area contributed by atoms with E-state index in [0.717, 1.165) is 50.6 Å². The topological polar surface area (TPSA) is 36.3 Å². The van der Waals surface area contributed by atoms with Gasteiger partial charge in [0.05, 0.1) is 11.6 Å². The van der Waals surface area contributed by atoms with Crippen LogP contribution >= 0.6 is 0 Å². The maximum atomic E-state index is 9.19. The smallest absolute Gasteiger partial charge is 0.137 e. The van der Waals surface area contributed by atoms with Crippen LogP contribution in [0.1, 0.15) is 5.56 Å². The summed E-state index contributed by atoms with van der Waals surface area (Å²) in [5.41, 5.74) is 10.6. The Morgan fingerprint density at radius 1 is 0.455 bits per heavy atom. The molecule has 0 saturated heterocycles. The molecule has 8 rings (SSSR count). The lowest BCUT2D eigenvalue weighted by Crippen LogP contribution is -2.10. The van der Waals surface area contributed by atoms with Gasteiger partial charge in [-0.1, -0.05) is 97.1 Å². The van der Waals surface area contributed by atoms with E-state index in [1.165, 1.54) is 22.1 Å². The number of rotatable bonds is 5. The molecule has 1 aliphatic rings. The van der Waals surface area contributed by atoms with Gasteiger partial charge >= 0.3 is 0 Å². The van der Waals surface area contributed by atoms with Crippen molar-refractivity contribution >= 4 is 27.8 Å². The number of ether oxygens (including phenoxy) is 1. The van der Waals surface area contributed by atoms with Crippen molar-refractivity contribution in [2.45, 2.75) is 0 Å². The molecular weight excluding hydrogens is 536 g/mol. The molecule has 0 radical (unpaired) electrons. The minimum atomic E-state index is 0.656.